The molecule has 0 radical (unpaired) electrons. The van der Waals surface area contributed by atoms with Gasteiger partial charge in [-0.25, -0.2) is 0 Å². The predicted molar refractivity (Wildman–Crippen MR) is 52.7 cm³/mol. The van der Waals surface area contributed by atoms with Gasteiger partial charge in [-0.2, -0.15) is 0 Å². The molecule has 1 aromatic rings. The summed E-state index contributed by atoms with van der Waals surface area (Å²) in [5, 5.41) is 19.0. The van der Waals surface area contributed by atoms with E-state index in [-0.39, 0.29) is 17.8 Å². The second-order valence-corrected chi connectivity index (χ2v) is 3.64. The Morgan fingerprint density at radius 3 is 2.38 bits per heavy atom. The molecule has 0 heterocycles. The Morgan fingerprint density at radius 1 is 1.23 bits per heavy atom. The molecule has 0 bridgehead atoms. The number of hydrogen-bond acceptors (Lipinski definition) is 2. The lowest BCUT2D eigenvalue weighted by molar-refractivity contribution is 0.125. The molecule has 0 spiro atoms. The van der Waals surface area contributed by atoms with E-state index in [2.05, 4.69) is 0 Å². The first kappa shape index (κ1) is 10.1. The second-order valence-electron chi connectivity index (χ2n) is 3.64. The van der Waals surface area contributed by atoms with Crippen molar-refractivity contribution in [3.8, 4) is 5.75 Å². The maximum absolute atomic E-state index is 9.59. The summed E-state index contributed by atoms with van der Waals surface area (Å²) < 4.78 is 0. The number of aromatic hydroxyl groups is 1. The topological polar surface area (TPSA) is 40.5 Å². The van der Waals surface area contributed by atoms with Gasteiger partial charge in [-0.15, -0.1) is 0 Å². The van der Waals surface area contributed by atoms with E-state index in [0.29, 0.717) is 6.42 Å². The Balaban J connectivity index is 2.69. The van der Waals surface area contributed by atoms with Crippen molar-refractivity contribution in [1.82, 2.24) is 0 Å². The van der Waals surface area contributed by atoms with E-state index in [4.69, 9.17) is 0 Å². The number of aliphatic hydroxyl groups excluding tert-OH is 1. The van der Waals surface area contributed by atoms with Crippen molar-refractivity contribution in [2.75, 3.05) is 0 Å². The molecular weight excluding hydrogens is 164 g/mol. The average molecular weight is 180 g/mol. The smallest absolute Gasteiger partial charge is 0.118 e. The molecule has 1 rings (SSSR count). The number of phenolic OH excluding ortho intramolecular Hbond substituents is 1. The summed E-state index contributed by atoms with van der Waals surface area (Å²) in [6, 6.07) is 7.12. The number of phenols is 1. The van der Waals surface area contributed by atoms with Crippen LogP contribution in [0.4, 0.5) is 0 Å². The van der Waals surface area contributed by atoms with Gasteiger partial charge in [0.1, 0.15) is 5.75 Å². The third-order valence-electron chi connectivity index (χ3n) is 2.19. The summed E-state index contributed by atoms with van der Waals surface area (Å²) in [6.07, 6.45) is 0.137. The monoisotopic (exact) mass is 180 g/mol. The first-order valence-electron chi connectivity index (χ1n) is 4.56. The van der Waals surface area contributed by atoms with E-state index >= 15 is 0 Å². The molecule has 2 nitrogen and oxygen atoms in total. The van der Waals surface area contributed by atoms with Crippen LogP contribution < -0.4 is 0 Å². The molecule has 1 unspecified atom stereocenters. The van der Waals surface area contributed by atoms with E-state index in [0.717, 1.165) is 5.56 Å². The lowest BCUT2D eigenvalue weighted by Gasteiger charge is -2.14. The summed E-state index contributed by atoms with van der Waals surface area (Å²) >= 11 is 0. The van der Waals surface area contributed by atoms with Crippen molar-refractivity contribution in [1.29, 1.82) is 0 Å². The van der Waals surface area contributed by atoms with Crippen molar-refractivity contribution < 1.29 is 10.2 Å². The van der Waals surface area contributed by atoms with E-state index < -0.39 is 0 Å². The van der Waals surface area contributed by atoms with Crippen LogP contribution in [0.3, 0.4) is 0 Å². The van der Waals surface area contributed by atoms with Crippen LogP contribution in [0, 0.1) is 5.92 Å². The predicted octanol–water partition coefficient (Wildman–Crippen LogP) is 1.95. The summed E-state index contributed by atoms with van der Waals surface area (Å²) in [7, 11) is 0. The molecule has 0 saturated heterocycles. The zero-order chi connectivity index (χ0) is 9.84. The van der Waals surface area contributed by atoms with Crippen molar-refractivity contribution in [2.45, 2.75) is 26.4 Å². The Morgan fingerprint density at radius 2 is 1.85 bits per heavy atom. The van der Waals surface area contributed by atoms with Gasteiger partial charge in [-0.1, -0.05) is 32.0 Å². The average Bonchev–Trinajstić information content (AvgIpc) is 2.08. The Kier molecular flexibility index (Phi) is 3.32. The molecule has 2 heteroatoms. The lowest BCUT2D eigenvalue weighted by atomic mass is 9.99. The van der Waals surface area contributed by atoms with Crippen molar-refractivity contribution in [3.63, 3.8) is 0 Å². The Hall–Kier alpha value is -1.02. The highest BCUT2D eigenvalue weighted by atomic mass is 16.3. The number of aliphatic hydroxyl groups is 1. The third-order valence-corrected chi connectivity index (χ3v) is 2.19. The zero-order valence-electron chi connectivity index (χ0n) is 8.07. The van der Waals surface area contributed by atoms with E-state index in [9.17, 15) is 10.2 Å². The first-order chi connectivity index (χ1) is 6.11. The molecule has 1 atom stereocenters. The fraction of sp³-hybridized carbons (Fsp3) is 0.455. The fourth-order valence-corrected chi connectivity index (χ4v) is 1.14. The Labute approximate surface area is 78.8 Å². The SMILES string of the molecule is CC(C)C(O)Cc1ccccc1O. The van der Waals surface area contributed by atoms with Gasteiger partial charge in [0.2, 0.25) is 0 Å². The van der Waals surface area contributed by atoms with Crippen LogP contribution in [0.25, 0.3) is 0 Å². The standard InChI is InChI=1S/C11H16O2/c1-8(2)11(13)7-9-5-3-4-6-10(9)12/h3-6,8,11-13H,7H2,1-2H3. The number of benzene rings is 1. The van der Waals surface area contributed by atoms with Gasteiger partial charge < -0.3 is 10.2 Å². The minimum absolute atomic E-state index is 0.222. The van der Waals surface area contributed by atoms with Crippen LogP contribution in [0.5, 0.6) is 5.75 Å². The van der Waals surface area contributed by atoms with E-state index in [1.54, 1.807) is 12.1 Å². The molecule has 0 amide bonds. The highest BCUT2D eigenvalue weighted by Gasteiger charge is 2.11. The van der Waals surface area contributed by atoms with Crippen LogP contribution in [-0.4, -0.2) is 16.3 Å². The molecular formula is C11H16O2. The fourth-order valence-electron chi connectivity index (χ4n) is 1.14. The van der Waals surface area contributed by atoms with Crippen LogP contribution >= 0.6 is 0 Å². The van der Waals surface area contributed by atoms with Gasteiger partial charge in [0.15, 0.2) is 0 Å². The summed E-state index contributed by atoms with van der Waals surface area (Å²) in [4.78, 5) is 0. The molecule has 72 valence electrons. The molecule has 0 aromatic heterocycles. The van der Waals surface area contributed by atoms with Gasteiger partial charge in [0.25, 0.3) is 0 Å². The molecule has 0 aliphatic heterocycles. The zero-order valence-corrected chi connectivity index (χ0v) is 8.07. The quantitative estimate of drug-likeness (QED) is 0.746. The minimum Gasteiger partial charge on any atom is -0.508 e. The van der Waals surface area contributed by atoms with Crippen molar-refractivity contribution >= 4 is 0 Å². The van der Waals surface area contributed by atoms with Crippen molar-refractivity contribution in [2.24, 2.45) is 5.92 Å². The molecule has 1 aromatic carbocycles. The van der Waals surface area contributed by atoms with Gasteiger partial charge >= 0.3 is 0 Å². The van der Waals surface area contributed by atoms with Crippen LogP contribution in [0.2, 0.25) is 0 Å². The maximum atomic E-state index is 9.59. The molecule has 0 aliphatic rings. The minimum atomic E-state index is -0.381. The number of rotatable bonds is 3. The third kappa shape index (κ3) is 2.74. The van der Waals surface area contributed by atoms with Crippen LogP contribution in [0.1, 0.15) is 19.4 Å². The highest BCUT2D eigenvalue weighted by molar-refractivity contribution is 5.32. The molecule has 13 heavy (non-hydrogen) atoms. The van der Waals surface area contributed by atoms with Crippen LogP contribution in [0.15, 0.2) is 24.3 Å². The van der Waals surface area contributed by atoms with Gasteiger partial charge in [-0.3, -0.25) is 0 Å². The van der Waals surface area contributed by atoms with Gasteiger partial charge in [0, 0.05) is 6.42 Å². The molecule has 0 saturated carbocycles. The molecule has 0 aliphatic carbocycles. The van der Waals surface area contributed by atoms with Gasteiger partial charge in [-0.05, 0) is 17.5 Å². The van der Waals surface area contributed by atoms with Crippen molar-refractivity contribution in [3.05, 3.63) is 29.8 Å². The summed E-state index contributed by atoms with van der Waals surface area (Å²) in [6.45, 7) is 3.93. The largest absolute Gasteiger partial charge is 0.508 e. The summed E-state index contributed by atoms with van der Waals surface area (Å²) in [5.74, 6) is 0.488. The van der Waals surface area contributed by atoms with E-state index in [1.807, 2.05) is 26.0 Å². The second kappa shape index (κ2) is 4.28. The first-order valence-corrected chi connectivity index (χ1v) is 4.56. The molecule has 2 N–H and O–H groups in total. The van der Waals surface area contributed by atoms with E-state index in [1.165, 1.54) is 0 Å². The van der Waals surface area contributed by atoms with Crippen LogP contribution in [-0.2, 0) is 6.42 Å². The highest BCUT2D eigenvalue weighted by Crippen LogP contribution is 2.19. The molecule has 0 fully saturated rings. The number of para-hydroxylation sites is 1. The maximum Gasteiger partial charge on any atom is 0.118 e. The summed E-state index contributed by atoms with van der Waals surface area (Å²) in [5.41, 5.74) is 0.809. The Bertz CT molecular complexity index is 269. The number of hydrogen-bond donors (Lipinski definition) is 2. The van der Waals surface area contributed by atoms with Gasteiger partial charge in [0.05, 0.1) is 6.10 Å². The normalized spacial score (nSPS) is 13.2. The lowest BCUT2D eigenvalue weighted by Crippen LogP contribution is -2.17.